The first-order valence-electron chi connectivity index (χ1n) is 6.85. The third-order valence-corrected chi connectivity index (χ3v) is 5.07. The molecule has 3 aromatic rings. The summed E-state index contributed by atoms with van der Waals surface area (Å²) in [4.78, 5) is 0. The topological polar surface area (TPSA) is 47.0 Å². The number of nitrogens with zero attached hydrogens (tertiary/aromatic N) is 2. The van der Waals surface area contributed by atoms with Crippen LogP contribution in [0.5, 0.6) is 5.75 Å². The van der Waals surface area contributed by atoms with E-state index in [1.54, 1.807) is 31.0 Å². The van der Waals surface area contributed by atoms with Gasteiger partial charge in [-0.15, -0.1) is 10.2 Å². The highest BCUT2D eigenvalue weighted by molar-refractivity contribution is 8.00. The summed E-state index contributed by atoms with van der Waals surface area (Å²) in [6.45, 7) is 0. The van der Waals surface area contributed by atoms with Crippen LogP contribution in [0.15, 0.2) is 52.9 Å². The highest BCUT2D eigenvalue weighted by atomic mass is 32.2. The number of aromatic nitrogens is 2. The van der Waals surface area contributed by atoms with Crippen LogP contribution in [0, 0.1) is 5.82 Å². The van der Waals surface area contributed by atoms with E-state index in [2.05, 4.69) is 15.5 Å². The lowest BCUT2D eigenvalue weighted by Crippen LogP contribution is -1.93. The number of anilines is 2. The lowest BCUT2D eigenvalue weighted by Gasteiger charge is -2.07. The summed E-state index contributed by atoms with van der Waals surface area (Å²) in [5.74, 6) is 1.25. The normalized spacial score (nSPS) is 10.5. The molecular formula is C16H14FN3OS2. The highest BCUT2D eigenvalue weighted by Gasteiger charge is 2.08. The SMILES string of the molecule is COc1ccccc1Nc1nnc(SCc2ccc(F)cc2)s1. The van der Waals surface area contributed by atoms with E-state index in [1.807, 2.05) is 24.3 Å². The lowest BCUT2D eigenvalue weighted by atomic mass is 10.2. The second-order valence-corrected chi connectivity index (χ2v) is 6.81. The number of para-hydroxylation sites is 2. The van der Waals surface area contributed by atoms with Gasteiger partial charge in [0.1, 0.15) is 11.6 Å². The number of nitrogens with one attached hydrogen (secondary N) is 1. The molecule has 0 fully saturated rings. The molecule has 0 radical (unpaired) electrons. The number of hydrogen-bond donors (Lipinski definition) is 1. The molecule has 0 saturated carbocycles. The van der Waals surface area contributed by atoms with Crippen molar-refractivity contribution >= 4 is 33.9 Å². The van der Waals surface area contributed by atoms with Crippen molar-refractivity contribution in [1.82, 2.24) is 10.2 Å². The standard InChI is InChI=1S/C16H14FN3OS2/c1-21-14-5-3-2-4-13(14)18-15-19-20-16(23-15)22-10-11-6-8-12(17)9-7-11/h2-9H,10H2,1H3,(H,18,19). The smallest absolute Gasteiger partial charge is 0.210 e. The minimum atomic E-state index is -0.224. The van der Waals surface area contributed by atoms with Gasteiger partial charge in [-0.3, -0.25) is 0 Å². The summed E-state index contributed by atoms with van der Waals surface area (Å²) >= 11 is 3.04. The van der Waals surface area contributed by atoms with Crippen molar-refractivity contribution in [2.24, 2.45) is 0 Å². The van der Waals surface area contributed by atoms with E-state index in [9.17, 15) is 4.39 Å². The number of thioether (sulfide) groups is 1. The van der Waals surface area contributed by atoms with Crippen LogP contribution in [0.25, 0.3) is 0 Å². The van der Waals surface area contributed by atoms with Crippen molar-refractivity contribution in [3.8, 4) is 5.75 Å². The summed E-state index contributed by atoms with van der Waals surface area (Å²) in [7, 11) is 1.63. The molecule has 0 aliphatic heterocycles. The molecule has 0 atom stereocenters. The van der Waals surface area contributed by atoms with E-state index in [-0.39, 0.29) is 5.82 Å². The minimum absolute atomic E-state index is 0.224. The van der Waals surface area contributed by atoms with Gasteiger partial charge in [-0.1, -0.05) is 47.4 Å². The molecule has 0 amide bonds. The van der Waals surface area contributed by atoms with Gasteiger partial charge in [-0.25, -0.2) is 4.39 Å². The molecule has 3 rings (SSSR count). The van der Waals surface area contributed by atoms with Crippen LogP contribution in [0.2, 0.25) is 0 Å². The van der Waals surface area contributed by atoms with Gasteiger partial charge >= 0.3 is 0 Å². The molecule has 0 aliphatic carbocycles. The molecule has 0 saturated heterocycles. The lowest BCUT2D eigenvalue weighted by molar-refractivity contribution is 0.417. The zero-order chi connectivity index (χ0) is 16.1. The van der Waals surface area contributed by atoms with E-state index >= 15 is 0 Å². The van der Waals surface area contributed by atoms with E-state index in [0.29, 0.717) is 5.13 Å². The molecule has 1 heterocycles. The van der Waals surface area contributed by atoms with Crippen LogP contribution in [-0.4, -0.2) is 17.3 Å². The Morgan fingerprint density at radius 1 is 1.13 bits per heavy atom. The number of halogens is 1. The highest BCUT2D eigenvalue weighted by Crippen LogP contribution is 2.32. The van der Waals surface area contributed by atoms with Crippen molar-refractivity contribution in [2.75, 3.05) is 12.4 Å². The van der Waals surface area contributed by atoms with E-state index in [1.165, 1.54) is 23.5 Å². The van der Waals surface area contributed by atoms with Crippen LogP contribution in [0.3, 0.4) is 0 Å². The fourth-order valence-electron chi connectivity index (χ4n) is 1.91. The largest absolute Gasteiger partial charge is 0.495 e. The summed E-state index contributed by atoms with van der Waals surface area (Å²) in [5.41, 5.74) is 1.90. The van der Waals surface area contributed by atoms with Gasteiger partial charge in [0.2, 0.25) is 5.13 Å². The summed E-state index contributed by atoms with van der Waals surface area (Å²) in [6, 6.07) is 14.1. The predicted molar refractivity (Wildman–Crippen MR) is 92.1 cm³/mol. The molecule has 1 N–H and O–H groups in total. The van der Waals surface area contributed by atoms with Crippen LogP contribution < -0.4 is 10.1 Å². The number of hydrogen-bond acceptors (Lipinski definition) is 6. The van der Waals surface area contributed by atoms with Gasteiger partial charge in [-0.05, 0) is 29.8 Å². The minimum Gasteiger partial charge on any atom is -0.495 e. The van der Waals surface area contributed by atoms with Gasteiger partial charge in [0.05, 0.1) is 12.8 Å². The zero-order valence-electron chi connectivity index (χ0n) is 12.3. The van der Waals surface area contributed by atoms with Crippen molar-refractivity contribution in [3.63, 3.8) is 0 Å². The molecule has 0 unspecified atom stereocenters. The predicted octanol–water partition coefficient (Wildman–Crippen LogP) is 4.72. The van der Waals surface area contributed by atoms with Gasteiger partial charge in [0.25, 0.3) is 0 Å². The fourth-order valence-corrected chi connectivity index (χ4v) is 3.63. The third kappa shape index (κ3) is 4.20. The van der Waals surface area contributed by atoms with Gasteiger partial charge in [0, 0.05) is 5.75 Å². The van der Waals surface area contributed by atoms with Crippen LogP contribution in [0.4, 0.5) is 15.2 Å². The maximum absolute atomic E-state index is 12.9. The van der Waals surface area contributed by atoms with Crippen molar-refractivity contribution in [3.05, 3.63) is 59.9 Å². The van der Waals surface area contributed by atoms with Gasteiger partial charge < -0.3 is 10.1 Å². The van der Waals surface area contributed by atoms with Crippen LogP contribution >= 0.6 is 23.1 Å². The number of ether oxygens (including phenoxy) is 1. The summed E-state index contributed by atoms with van der Waals surface area (Å²) in [5, 5.41) is 12.2. The van der Waals surface area contributed by atoms with Crippen LogP contribution in [0.1, 0.15) is 5.56 Å². The summed E-state index contributed by atoms with van der Waals surface area (Å²) < 4.78 is 19.0. The first kappa shape index (κ1) is 15.8. The monoisotopic (exact) mass is 347 g/mol. The van der Waals surface area contributed by atoms with E-state index in [4.69, 9.17) is 4.74 Å². The van der Waals surface area contributed by atoms with Crippen molar-refractivity contribution in [2.45, 2.75) is 10.1 Å². The van der Waals surface area contributed by atoms with Gasteiger partial charge in [-0.2, -0.15) is 0 Å². The first-order valence-corrected chi connectivity index (χ1v) is 8.65. The molecule has 0 aliphatic rings. The molecule has 7 heteroatoms. The molecule has 23 heavy (non-hydrogen) atoms. The fraction of sp³-hybridized carbons (Fsp3) is 0.125. The number of rotatable bonds is 6. The maximum Gasteiger partial charge on any atom is 0.210 e. The van der Waals surface area contributed by atoms with E-state index in [0.717, 1.165) is 27.1 Å². The maximum atomic E-state index is 12.9. The summed E-state index contributed by atoms with van der Waals surface area (Å²) in [6.07, 6.45) is 0. The molecular weight excluding hydrogens is 333 g/mol. The Morgan fingerprint density at radius 3 is 2.70 bits per heavy atom. The number of methoxy groups -OCH3 is 1. The van der Waals surface area contributed by atoms with Crippen molar-refractivity contribution < 1.29 is 9.13 Å². The molecule has 4 nitrogen and oxygen atoms in total. The van der Waals surface area contributed by atoms with E-state index < -0.39 is 0 Å². The molecule has 1 aromatic heterocycles. The molecule has 0 bridgehead atoms. The molecule has 0 spiro atoms. The Bertz CT molecular complexity index is 777. The van der Waals surface area contributed by atoms with Gasteiger partial charge in [0.15, 0.2) is 4.34 Å². The Balaban J connectivity index is 1.62. The van der Waals surface area contributed by atoms with Crippen LogP contribution in [-0.2, 0) is 5.75 Å². The quantitative estimate of drug-likeness (QED) is 0.654. The zero-order valence-corrected chi connectivity index (χ0v) is 14.0. The molecule has 2 aromatic carbocycles. The van der Waals surface area contributed by atoms with Crippen molar-refractivity contribution in [1.29, 1.82) is 0 Å². The Morgan fingerprint density at radius 2 is 1.91 bits per heavy atom. The third-order valence-electron chi connectivity index (χ3n) is 3.03. The average Bonchev–Trinajstić information content (AvgIpc) is 3.02. The molecule has 118 valence electrons. The number of benzene rings is 2. The Hall–Kier alpha value is -2.12. The second-order valence-electron chi connectivity index (χ2n) is 4.61. The second kappa shape index (κ2) is 7.43. The first-order chi connectivity index (χ1) is 11.2. The Labute approximate surface area is 141 Å². The Kier molecular flexibility index (Phi) is 5.09. The average molecular weight is 347 g/mol.